The summed E-state index contributed by atoms with van der Waals surface area (Å²) in [5.74, 6) is 0. The lowest BCUT2D eigenvalue weighted by Gasteiger charge is -1.93. The molecule has 0 saturated carbocycles. The van der Waals surface area contributed by atoms with Gasteiger partial charge in [-0.2, -0.15) is 0 Å². The van der Waals surface area contributed by atoms with Gasteiger partial charge in [-0.15, -0.1) is 0 Å². The van der Waals surface area contributed by atoms with Crippen LogP contribution in [-0.4, -0.2) is 0 Å². The van der Waals surface area contributed by atoms with Gasteiger partial charge in [0.1, 0.15) is 0 Å². The second kappa shape index (κ2) is 7.00. The third-order valence-electron chi connectivity index (χ3n) is 0.806. The van der Waals surface area contributed by atoms with Gasteiger partial charge in [0.15, 0.2) is 0 Å². The van der Waals surface area contributed by atoms with Crippen LogP contribution < -0.4 is 0 Å². The number of hydrogen-bond acceptors (Lipinski definition) is 0. The summed E-state index contributed by atoms with van der Waals surface area (Å²) in [5, 5.41) is 0. The molecule has 0 saturated heterocycles. The highest BCUT2D eigenvalue weighted by molar-refractivity contribution is 4.39. The predicted molar refractivity (Wildman–Crippen MR) is 39.1 cm³/mol. The molecule has 0 fully saturated rings. The number of unbranched alkanes of at least 4 members (excludes halogenated alkanes) is 1. The molecule has 0 N–H and O–H groups in total. The van der Waals surface area contributed by atoms with Crippen molar-refractivity contribution in [3.63, 3.8) is 0 Å². The van der Waals surface area contributed by atoms with Crippen LogP contribution in [0.3, 0.4) is 0 Å². The first-order chi connectivity index (χ1) is 7.31. The fourth-order valence-electron chi connectivity index (χ4n) is 0.372. The Hall–Kier alpha value is 0. The summed E-state index contributed by atoms with van der Waals surface area (Å²) in [6.07, 6.45) is -8.00. The molecule has 0 aliphatic carbocycles. The molecule has 0 amide bonds. The van der Waals surface area contributed by atoms with Crippen LogP contribution >= 0.6 is 0 Å². The first-order valence-corrected chi connectivity index (χ1v) is 2.81. The quantitative estimate of drug-likeness (QED) is 0.526. The molecule has 0 unspecified atom stereocenters. The zero-order valence-electron chi connectivity index (χ0n) is 14.1. The van der Waals surface area contributed by atoms with Gasteiger partial charge < -0.3 is 0 Å². The van der Waals surface area contributed by atoms with Gasteiger partial charge in [-0.05, 0) is 0 Å². The molecule has 0 heteroatoms. The molecule has 0 aromatic carbocycles. The molecule has 50 valence electrons. The maximum Gasteiger partial charge on any atom is 0.0267 e. The smallest absolute Gasteiger partial charge is 0.0267 e. The lowest BCUT2D eigenvalue weighted by atomic mass is 10.1. The molecule has 0 aromatic heterocycles. The van der Waals surface area contributed by atoms with Crippen molar-refractivity contribution >= 4 is 0 Å². The van der Waals surface area contributed by atoms with E-state index < -0.39 is 26.0 Å². The van der Waals surface area contributed by atoms with Crippen molar-refractivity contribution in [3.05, 3.63) is 0 Å². The third kappa shape index (κ3) is 6.00. The van der Waals surface area contributed by atoms with Crippen LogP contribution in [0.2, 0.25) is 0 Å². The van der Waals surface area contributed by atoms with E-state index in [2.05, 4.69) is 0 Å². The van der Waals surface area contributed by atoms with Crippen molar-refractivity contribution in [2.75, 3.05) is 0 Å². The van der Waals surface area contributed by atoms with Crippen LogP contribution in [0.25, 0.3) is 0 Å². The molecule has 0 aliphatic heterocycles. The first-order valence-electron chi connectivity index (χ1n) is 7.31. The Kier molecular flexibility index (Phi) is 1.34. The monoisotopic (exact) mass is 123 g/mol. The zero-order chi connectivity index (χ0) is 14.1. The van der Waals surface area contributed by atoms with Gasteiger partial charge in [-0.3, -0.25) is 0 Å². The Labute approximate surface area is 65.9 Å². The van der Waals surface area contributed by atoms with E-state index in [0.29, 0.717) is 12.8 Å². The van der Waals surface area contributed by atoms with Crippen LogP contribution in [0.15, 0.2) is 0 Å². The van der Waals surface area contributed by atoms with Crippen LogP contribution in [0.4, 0.5) is 0 Å². The minimum atomic E-state index is -3.22. The average molecular weight is 123 g/mol. The lowest BCUT2D eigenvalue weighted by Crippen LogP contribution is -1.73. The molecule has 0 bridgehead atoms. The summed E-state index contributed by atoms with van der Waals surface area (Å²) in [6.45, 7) is -1.40. The predicted octanol–water partition coefficient (Wildman–Crippen LogP) is 3.37. The van der Waals surface area contributed by atoms with Crippen LogP contribution in [0.5, 0.6) is 0 Å². The summed E-state index contributed by atoms with van der Waals surface area (Å²) in [4.78, 5) is 0. The second-order valence-electron chi connectivity index (χ2n) is 1.53. The van der Waals surface area contributed by atoms with E-state index in [4.69, 9.17) is 12.3 Å². The fourth-order valence-corrected chi connectivity index (χ4v) is 0.372. The van der Waals surface area contributed by atoms with E-state index in [1.165, 1.54) is 0 Å². The zero-order valence-corrected chi connectivity index (χ0v) is 5.12. The normalized spacial score (nSPS) is 33.4. The second-order valence-corrected chi connectivity index (χ2v) is 1.53. The van der Waals surface area contributed by atoms with E-state index in [0.717, 1.165) is 0 Å². The van der Waals surface area contributed by atoms with Crippen molar-refractivity contribution < 1.29 is 12.3 Å². The average Bonchev–Trinajstić information content (AvgIpc) is 2.12. The summed E-state index contributed by atoms with van der Waals surface area (Å²) in [5.41, 5.74) is 0. The SMILES string of the molecule is [2H]C([2H])([2H])C([2H])([2H])C([2H])([2H])C([2H])([2H])CCCC. The summed E-state index contributed by atoms with van der Waals surface area (Å²) < 4.78 is 65.9. The van der Waals surface area contributed by atoms with Crippen molar-refractivity contribution in [2.45, 2.75) is 52.2 Å². The van der Waals surface area contributed by atoms with Gasteiger partial charge in [0, 0.05) is 12.3 Å². The van der Waals surface area contributed by atoms with Crippen LogP contribution in [0, 0.1) is 0 Å². The first kappa shape index (κ1) is 1.53. The maximum atomic E-state index is 7.57. The Morgan fingerprint density at radius 2 is 2.25 bits per heavy atom. The molecule has 0 heterocycles. The van der Waals surface area contributed by atoms with Crippen molar-refractivity contribution in [3.8, 4) is 0 Å². The molecule has 0 atom stereocenters. The third-order valence-corrected chi connectivity index (χ3v) is 0.806. The molecular weight excluding hydrogens is 96.1 g/mol. The van der Waals surface area contributed by atoms with Crippen molar-refractivity contribution in [2.24, 2.45) is 0 Å². The molecular formula is C8H18. The number of rotatable bonds is 5. The lowest BCUT2D eigenvalue weighted by molar-refractivity contribution is 0.624. The standard InChI is InChI=1S/C8H18/c1-3-5-7-8-6-4-2/h3-8H2,1-2H3/i1D3,3D2,5D2,7D2. The van der Waals surface area contributed by atoms with E-state index in [9.17, 15) is 0 Å². The van der Waals surface area contributed by atoms with Gasteiger partial charge in [0.05, 0.1) is 0 Å². The Morgan fingerprint density at radius 1 is 1.38 bits per heavy atom. The molecule has 0 aliphatic rings. The van der Waals surface area contributed by atoms with Gasteiger partial charge in [-0.25, -0.2) is 0 Å². The van der Waals surface area contributed by atoms with E-state index in [1.807, 2.05) is 0 Å². The Bertz CT molecular complexity index is 252. The van der Waals surface area contributed by atoms with Crippen molar-refractivity contribution in [1.29, 1.82) is 0 Å². The summed E-state index contributed by atoms with van der Waals surface area (Å²) >= 11 is 0. The van der Waals surface area contributed by atoms with Gasteiger partial charge >= 0.3 is 0 Å². The van der Waals surface area contributed by atoms with Gasteiger partial charge in [-0.1, -0.05) is 52.2 Å². The molecule has 0 radical (unpaired) electrons. The number of hydrogen-bond donors (Lipinski definition) is 0. The molecule has 0 rings (SSSR count). The molecule has 8 heavy (non-hydrogen) atoms. The fraction of sp³-hybridized carbons (Fsp3) is 1.00. The minimum Gasteiger partial charge on any atom is -0.0654 e. The maximum absolute atomic E-state index is 7.57. The summed E-state index contributed by atoms with van der Waals surface area (Å²) in [6, 6.07) is 0. The Balaban J connectivity index is 5.24. The van der Waals surface area contributed by atoms with Crippen LogP contribution in [-0.2, 0) is 0 Å². The van der Waals surface area contributed by atoms with E-state index in [1.54, 1.807) is 6.92 Å². The Morgan fingerprint density at radius 3 is 2.88 bits per heavy atom. The molecule has 0 aromatic rings. The van der Waals surface area contributed by atoms with E-state index >= 15 is 0 Å². The summed E-state index contributed by atoms with van der Waals surface area (Å²) in [7, 11) is 0. The molecule has 0 spiro atoms. The highest BCUT2D eigenvalue weighted by Gasteiger charge is 1.83. The van der Waals surface area contributed by atoms with E-state index in [-0.39, 0.29) is 6.42 Å². The minimum absolute atomic E-state index is 0.202. The topological polar surface area (TPSA) is 0 Å². The largest absolute Gasteiger partial charge is 0.0654 e. The molecule has 0 nitrogen and oxygen atoms in total. The highest BCUT2D eigenvalue weighted by Crippen LogP contribution is 2.03. The van der Waals surface area contributed by atoms with Crippen molar-refractivity contribution in [1.82, 2.24) is 0 Å². The van der Waals surface area contributed by atoms with Crippen LogP contribution in [0.1, 0.15) is 64.5 Å². The van der Waals surface area contributed by atoms with Gasteiger partial charge in [0.25, 0.3) is 0 Å². The highest BCUT2D eigenvalue weighted by atomic mass is 13.9. The van der Waals surface area contributed by atoms with Gasteiger partial charge in [0.2, 0.25) is 0 Å².